The van der Waals surface area contributed by atoms with E-state index < -0.39 is 0 Å². The highest BCUT2D eigenvalue weighted by atomic mass is 32.1. The summed E-state index contributed by atoms with van der Waals surface area (Å²) in [6.07, 6.45) is 5.16. The molecule has 1 aliphatic rings. The van der Waals surface area contributed by atoms with E-state index in [1.807, 2.05) is 39.8 Å². The SMILES string of the molecule is CC[C@@H]1CCCN(C(=O)c2c[nH]c(=S)n2-c2ccccc2)C1. The Labute approximate surface area is 135 Å². The summed E-state index contributed by atoms with van der Waals surface area (Å²) in [7, 11) is 0. The van der Waals surface area contributed by atoms with Gasteiger partial charge in [-0.05, 0) is 43.1 Å². The largest absolute Gasteiger partial charge is 0.337 e. The quantitative estimate of drug-likeness (QED) is 0.875. The first-order chi connectivity index (χ1) is 10.7. The van der Waals surface area contributed by atoms with E-state index in [0.29, 0.717) is 16.4 Å². The Hall–Kier alpha value is -1.88. The Morgan fingerprint density at radius 3 is 2.86 bits per heavy atom. The lowest BCUT2D eigenvalue weighted by Gasteiger charge is -2.32. The van der Waals surface area contributed by atoms with Gasteiger partial charge in [0.15, 0.2) is 4.77 Å². The molecule has 1 aliphatic heterocycles. The number of amides is 1. The maximum absolute atomic E-state index is 12.9. The van der Waals surface area contributed by atoms with Gasteiger partial charge in [0.1, 0.15) is 5.69 Å². The van der Waals surface area contributed by atoms with Crippen LogP contribution in [0.15, 0.2) is 36.5 Å². The smallest absolute Gasteiger partial charge is 0.272 e. The van der Waals surface area contributed by atoms with E-state index in [2.05, 4.69) is 11.9 Å². The molecule has 1 aromatic heterocycles. The predicted molar refractivity (Wildman–Crippen MR) is 89.9 cm³/mol. The highest BCUT2D eigenvalue weighted by molar-refractivity contribution is 7.71. The van der Waals surface area contributed by atoms with Gasteiger partial charge in [0, 0.05) is 25.0 Å². The molecule has 22 heavy (non-hydrogen) atoms. The van der Waals surface area contributed by atoms with Crippen LogP contribution in [0.2, 0.25) is 0 Å². The number of imidazole rings is 1. The van der Waals surface area contributed by atoms with E-state index in [-0.39, 0.29) is 5.91 Å². The predicted octanol–water partition coefficient (Wildman–Crippen LogP) is 3.80. The molecule has 0 unspecified atom stereocenters. The molecule has 0 saturated carbocycles. The first-order valence-corrected chi connectivity index (χ1v) is 8.26. The van der Waals surface area contributed by atoms with Crippen molar-refractivity contribution in [1.82, 2.24) is 14.5 Å². The first kappa shape index (κ1) is 15.0. The number of aromatic nitrogens is 2. The van der Waals surface area contributed by atoms with Gasteiger partial charge in [0.05, 0.1) is 0 Å². The Kier molecular flexibility index (Phi) is 4.43. The third-order valence-corrected chi connectivity index (χ3v) is 4.69. The maximum atomic E-state index is 12.9. The standard InChI is InChI=1S/C17H21N3OS/c1-2-13-7-6-10-19(12-13)16(21)15-11-18-17(22)20(15)14-8-4-3-5-9-14/h3-5,8-9,11,13H,2,6-7,10,12H2,1H3,(H,18,22)/t13-/m1/s1. The summed E-state index contributed by atoms with van der Waals surface area (Å²) in [4.78, 5) is 17.9. The fraction of sp³-hybridized carbons (Fsp3) is 0.412. The number of carbonyl (C=O) groups is 1. The van der Waals surface area contributed by atoms with Crippen molar-refractivity contribution in [3.05, 3.63) is 47.0 Å². The number of hydrogen-bond acceptors (Lipinski definition) is 2. The number of para-hydroxylation sites is 1. The number of nitrogens with zero attached hydrogens (tertiary/aromatic N) is 2. The summed E-state index contributed by atoms with van der Waals surface area (Å²) in [5.41, 5.74) is 1.54. The molecule has 1 N–H and O–H groups in total. The molecule has 2 aromatic rings. The van der Waals surface area contributed by atoms with Crippen LogP contribution in [0.5, 0.6) is 0 Å². The van der Waals surface area contributed by atoms with E-state index in [0.717, 1.165) is 31.6 Å². The maximum Gasteiger partial charge on any atom is 0.272 e. The fourth-order valence-corrected chi connectivity index (χ4v) is 3.37. The van der Waals surface area contributed by atoms with E-state index in [1.165, 1.54) is 6.42 Å². The molecule has 2 heterocycles. The van der Waals surface area contributed by atoms with Gasteiger partial charge in [-0.3, -0.25) is 9.36 Å². The lowest BCUT2D eigenvalue weighted by atomic mass is 9.95. The molecule has 0 radical (unpaired) electrons. The van der Waals surface area contributed by atoms with Crippen molar-refractivity contribution in [2.75, 3.05) is 13.1 Å². The van der Waals surface area contributed by atoms with Crippen molar-refractivity contribution in [3.8, 4) is 5.69 Å². The van der Waals surface area contributed by atoms with E-state index in [9.17, 15) is 4.79 Å². The number of rotatable bonds is 3. The Bertz CT molecular complexity index is 704. The van der Waals surface area contributed by atoms with Crippen LogP contribution in [-0.2, 0) is 0 Å². The number of hydrogen-bond donors (Lipinski definition) is 1. The van der Waals surface area contributed by atoms with E-state index in [4.69, 9.17) is 12.2 Å². The normalized spacial score (nSPS) is 18.4. The lowest BCUT2D eigenvalue weighted by Crippen LogP contribution is -2.40. The van der Waals surface area contributed by atoms with Gasteiger partial charge in [-0.15, -0.1) is 0 Å². The lowest BCUT2D eigenvalue weighted by molar-refractivity contribution is 0.0663. The summed E-state index contributed by atoms with van der Waals surface area (Å²) in [6, 6.07) is 9.79. The zero-order valence-electron chi connectivity index (χ0n) is 12.8. The van der Waals surface area contributed by atoms with Crippen LogP contribution in [-0.4, -0.2) is 33.4 Å². The van der Waals surface area contributed by atoms with Crippen molar-refractivity contribution in [2.24, 2.45) is 5.92 Å². The summed E-state index contributed by atoms with van der Waals surface area (Å²) < 4.78 is 2.38. The number of nitrogens with one attached hydrogen (secondary N) is 1. The van der Waals surface area contributed by atoms with Gasteiger partial charge >= 0.3 is 0 Å². The second kappa shape index (κ2) is 6.48. The van der Waals surface area contributed by atoms with Gasteiger partial charge in [0.2, 0.25) is 0 Å². The average molecular weight is 315 g/mol. The highest BCUT2D eigenvalue weighted by Gasteiger charge is 2.26. The van der Waals surface area contributed by atoms with Crippen LogP contribution in [0.4, 0.5) is 0 Å². The number of piperidine rings is 1. The molecule has 0 spiro atoms. The molecule has 0 aliphatic carbocycles. The van der Waals surface area contributed by atoms with Crippen LogP contribution in [0.1, 0.15) is 36.7 Å². The fourth-order valence-electron chi connectivity index (χ4n) is 3.10. The third kappa shape index (κ3) is 2.86. The molecule has 1 atom stereocenters. The molecular weight excluding hydrogens is 294 g/mol. The van der Waals surface area contributed by atoms with Gasteiger partial charge in [-0.2, -0.15) is 0 Å². The minimum atomic E-state index is 0.0642. The van der Waals surface area contributed by atoms with Crippen LogP contribution in [0.25, 0.3) is 5.69 Å². The summed E-state index contributed by atoms with van der Waals surface area (Å²) >= 11 is 5.36. The van der Waals surface area contributed by atoms with Gasteiger partial charge in [0.25, 0.3) is 5.91 Å². The van der Waals surface area contributed by atoms with Crippen LogP contribution in [0, 0.1) is 10.7 Å². The third-order valence-electron chi connectivity index (χ3n) is 4.39. The molecule has 0 bridgehead atoms. The van der Waals surface area contributed by atoms with E-state index >= 15 is 0 Å². The van der Waals surface area contributed by atoms with Crippen molar-refractivity contribution in [3.63, 3.8) is 0 Å². The molecular formula is C17H21N3OS. The van der Waals surface area contributed by atoms with Crippen molar-refractivity contribution < 1.29 is 4.79 Å². The Morgan fingerprint density at radius 1 is 1.36 bits per heavy atom. The Morgan fingerprint density at radius 2 is 2.14 bits per heavy atom. The number of aromatic amines is 1. The number of likely N-dealkylation sites (tertiary alicyclic amines) is 1. The molecule has 4 nitrogen and oxygen atoms in total. The zero-order valence-corrected chi connectivity index (χ0v) is 13.6. The zero-order chi connectivity index (χ0) is 15.5. The average Bonchev–Trinajstić information content (AvgIpc) is 2.96. The van der Waals surface area contributed by atoms with Crippen LogP contribution >= 0.6 is 12.2 Å². The molecule has 1 aromatic carbocycles. The topological polar surface area (TPSA) is 41.0 Å². The molecule has 5 heteroatoms. The van der Waals surface area contributed by atoms with Crippen molar-refractivity contribution in [2.45, 2.75) is 26.2 Å². The Balaban J connectivity index is 1.92. The van der Waals surface area contributed by atoms with Crippen molar-refractivity contribution in [1.29, 1.82) is 0 Å². The van der Waals surface area contributed by atoms with Crippen LogP contribution < -0.4 is 0 Å². The second-order valence-electron chi connectivity index (χ2n) is 5.82. The van der Waals surface area contributed by atoms with Crippen molar-refractivity contribution >= 4 is 18.1 Å². The number of H-pyrrole nitrogens is 1. The minimum Gasteiger partial charge on any atom is -0.337 e. The molecule has 1 fully saturated rings. The van der Waals surface area contributed by atoms with Gasteiger partial charge in [-0.1, -0.05) is 31.5 Å². The minimum absolute atomic E-state index is 0.0642. The monoisotopic (exact) mass is 315 g/mol. The number of carbonyl (C=O) groups excluding carboxylic acids is 1. The first-order valence-electron chi connectivity index (χ1n) is 7.86. The van der Waals surface area contributed by atoms with Gasteiger partial charge in [-0.25, -0.2) is 0 Å². The second-order valence-corrected chi connectivity index (χ2v) is 6.20. The summed E-state index contributed by atoms with van der Waals surface area (Å²) in [5.74, 6) is 0.680. The summed E-state index contributed by atoms with van der Waals surface area (Å²) in [6.45, 7) is 3.88. The molecule has 1 saturated heterocycles. The van der Waals surface area contributed by atoms with Gasteiger partial charge < -0.3 is 9.88 Å². The molecule has 116 valence electrons. The van der Waals surface area contributed by atoms with E-state index in [1.54, 1.807) is 6.20 Å². The molecule has 3 rings (SSSR count). The molecule has 1 amide bonds. The summed E-state index contributed by atoms with van der Waals surface area (Å²) in [5, 5.41) is 0. The highest BCUT2D eigenvalue weighted by Crippen LogP contribution is 2.22. The number of benzene rings is 1. The van der Waals surface area contributed by atoms with Crippen LogP contribution in [0.3, 0.4) is 0 Å².